The number of nitrogens with two attached hydrogens (primary N) is 1. The van der Waals surface area contributed by atoms with E-state index < -0.39 is 5.54 Å². The summed E-state index contributed by atoms with van der Waals surface area (Å²) in [5, 5.41) is 0. The molecule has 1 aliphatic heterocycles. The molecule has 4 rings (SSSR count). The highest BCUT2D eigenvalue weighted by Gasteiger charge is 2.40. The van der Waals surface area contributed by atoms with E-state index in [9.17, 15) is 4.79 Å². The molecule has 1 atom stereocenters. The highest BCUT2D eigenvalue weighted by atomic mass is 16.5. The van der Waals surface area contributed by atoms with Crippen molar-refractivity contribution < 1.29 is 9.53 Å². The van der Waals surface area contributed by atoms with Crippen molar-refractivity contribution >= 4 is 22.9 Å². The molecule has 0 fully saturated rings. The number of amides is 1. The predicted octanol–water partition coefficient (Wildman–Crippen LogP) is 2.49. The lowest BCUT2D eigenvalue weighted by Gasteiger charge is -2.33. The van der Waals surface area contributed by atoms with Crippen LogP contribution in [-0.4, -0.2) is 40.5 Å². The van der Waals surface area contributed by atoms with Gasteiger partial charge in [0.2, 0.25) is 5.91 Å². The van der Waals surface area contributed by atoms with Crippen LogP contribution in [-0.2, 0) is 16.9 Å². The van der Waals surface area contributed by atoms with Crippen LogP contribution in [0, 0.1) is 0 Å². The van der Waals surface area contributed by atoms with Crippen molar-refractivity contribution in [2.45, 2.75) is 25.4 Å². The predicted molar refractivity (Wildman–Crippen MR) is 108 cm³/mol. The van der Waals surface area contributed by atoms with Crippen LogP contribution < -0.4 is 10.5 Å². The Balaban J connectivity index is 1.84. The number of carbonyl (C=O) groups excluding carboxylic acids is 1. The molecule has 1 aliphatic rings. The molecule has 0 saturated heterocycles. The number of para-hydroxylation sites is 2. The molecule has 1 amide bonds. The summed E-state index contributed by atoms with van der Waals surface area (Å²) in [6, 6.07) is 15.9. The molecule has 0 saturated carbocycles. The van der Waals surface area contributed by atoms with Crippen LogP contribution in [0.1, 0.15) is 24.7 Å². The topological polar surface area (TPSA) is 85.7 Å². The summed E-state index contributed by atoms with van der Waals surface area (Å²) in [6.45, 7) is 2.52. The van der Waals surface area contributed by atoms with E-state index >= 15 is 0 Å². The molecule has 2 heterocycles. The van der Waals surface area contributed by atoms with Crippen LogP contribution >= 0.6 is 0 Å². The summed E-state index contributed by atoms with van der Waals surface area (Å²) in [6.07, 6.45) is 0.218. The van der Waals surface area contributed by atoms with Gasteiger partial charge < -0.3 is 15.0 Å². The summed E-state index contributed by atoms with van der Waals surface area (Å²) >= 11 is 0. The van der Waals surface area contributed by atoms with E-state index in [0.717, 1.165) is 28.2 Å². The van der Waals surface area contributed by atoms with Gasteiger partial charge >= 0.3 is 0 Å². The molecule has 0 aliphatic carbocycles. The molecule has 144 valence electrons. The van der Waals surface area contributed by atoms with Gasteiger partial charge in [0, 0.05) is 13.6 Å². The summed E-state index contributed by atoms with van der Waals surface area (Å²) in [5.74, 6) is 1.68. The van der Waals surface area contributed by atoms with E-state index in [1.807, 2.05) is 55.5 Å². The lowest BCUT2D eigenvalue weighted by Crippen LogP contribution is -2.48. The average molecular weight is 377 g/mol. The quantitative estimate of drug-likeness (QED) is 0.757. The zero-order chi connectivity index (χ0) is 19.9. The van der Waals surface area contributed by atoms with Gasteiger partial charge in [-0.3, -0.25) is 9.69 Å². The maximum absolute atomic E-state index is 12.5. The van der Waals surface area contributed by atoms with E-state index in [1.165, 1.54) is 4.90 Å². The van der Waals surface area contributed by atoms with E-state index in [0.29, 0.717) is 6.54 Å². The normalized spacial score (nSPS) is 19.8. The van der Waals surface area contributed by atoms with Gasteiger partial charge in [-0.2, -0.15) is 0 Å². The number of fused-ring (bicyclic) bond motifs is 1. The Hall–Kier alpha value is -3.35. The van der Waals surface area contributed by atoms with Gasteiger partial charge in [0.15, 0.2) is 5.96 Å². The van der Waals surface area contributed by atoms with Gasteiger partial charge in [0.05, 0.1) is 24.6 Å². The molecule has 2 aromatic carbocycles. The van der Waals surface area contributed by atoms with Crippen molar-refractivity contribution in [1.29, 1.82) is 0 Å². The van der Waals surface area contributed by atoms with Crippen molar-refractivity contribution in [3.05, 3.63) is 59.9 Å². The van der Waals surface area contributed by atoms with Crippen LogP contribution in [0.15, 0.2) is 53.5 Å². The number of carbonyl (C=O) groups is 1. The molecule has 7 heteroatoms. The number of hydrogen-bond donors (Lipinski definition) is 1. The average Bonchev–Trinajstić information content (AvgIpc) is 3.06. The number of nitrogens with zero attached hydrogens (tertiary/aromatic N) is 4. The van der Waals surface area contributed by atoms with Crippen molar-refractivity contribution in [2.24, 2.45) is 10.7 Å². The molecule has 3 aromatic rings. The van der Waals surface area contributed by atoms with E-state index in [1.54, 1.807) is 14.2 Å². The Kier molecular flexibility index (Phi) is 4.30. The van der Waals surface area contributed by atoms with Gasteiger partial charge in [-0.15, -0.1) is 0 Å². The van der Waals surface area contributed by atoms with E-state index in [-0.39, 0.29) is 18.3 Å². The minimum Gasteiger partial charge on any atom is -0.497 e. The SMILES string of the molecule is COc1ccc(Cn2c([C@]3(C)CC(=O)N(C)C(N)=N3)nc3ccccc32)cc1. The molecule has 0 spiro atoms. The Bertz CT molecular complexity index is 1070. The highest BCUT2D eigenvalue weighted by molar-refractivity contribution is 5.98. The second-order valence-electron chi connectivity index (χ2n) is 7.23. The molecule has 0 radical (unpaired) electrons. The van der Waals surface area contributed by atoms with Crippen LogP contribution in [0.25, 0.3) is 11.0 Å². The van der Waals surface area contributed by atoms with Crippen LogP contribution in [0.5, 0.6) is 5.75 Å². The van der Waals surface area contributed by atoms with Crippen molar-refractivity contribution in [3.8, 4) is 5.75 Å². The number of benzene rings is 2. The van der Waals surface area contributed by atoms with Gasteiger partial charge in [0.25, 0.3) is 0 Å². The lowest BCUT2D eigenvalue weighted by molar-refractivity contribution is -0.128. The smallest absolute Gasteiger partial charge is 0.231 e. The Morgan fingerprint density at radius 2 is 1.89 bits per heavy atom. The summed E-state index contributed by atoms with van der Waals surface area (Å²) in [5.41, 5.74) is 8.16. The van der Waals surface area contributed by atoms with Crippen LogP contribution in [0.2, 0.25) is 0 Å². The second kappa shape index (κ2) is 6.67. The molecule has 0 unspecified atom stereocenters. The molecule has 0 bridgehead atoms. The molecule has 7 nitrogen and oxygen atoms in total. The summed E-state index contributed by atoms with van der Waals surface area (Å²) in [4.78, 5) is 23.3. The number of rotatable bonds is 4. The monoisotopic (exact) mass is 377 g/mol. The third-order valence-corrected chi connectivity index (χ3v) is 5.21. The number of aromatic nitrogens is 2. The first-order chi connectivity index (χ1) is 13.4. The number of aliphatic imine (C=N–C) groups is 1. The standard InChI is InChI=1S/C21H23N5O2/c1-21(12-18(27)25(2)20(22)24-21)19-23-16-6-4-5-7-17(16)26(19)13-14-8-10-15(28-3)11-9-14/h4-11H,12-13H2,1-3H3,(H2,22,24)/t21-/m0/s1. The summed E-state index contributed by atoms with van der Waals surface area (Å²) in [7, 11) is 3.29. The Morgan fingerprint density at radius 1 is 1.18 bits per heavy atom. The minimum atomic E-state index is -0.820. The first-order valence-electron chi connectivity index (χ1n) is 9.12. The zero-order valence-corrected chi connectivity index (χ0v) is 16.2. The Labute approximate surface area is 163 Å². The third-order valence-electron chi connectivity index (χ3n) is 5.21. The highest BCUT2D eigenvalue weighted by Crippen LogP contribution is 2.34. The zero-order valence-electron chi connectivity index (χ0n) is 16.2. The van der Waals surface area contributed by atoms with Gasteiger partial charge in [-0.1, -0.05) is 24.3 Å². The summed E-state index contributed by atoms with van der Waals surface area (Å²) < 4.78 is 7.37. The fourth-order valence-corrected chi connectivity index (χ4v) is 3.60. The molecule has 1 aromatic heterocycles. The first kappa shape index (κ1) is 18.0. The van der Waals surface area contributed by atoms with Crippen molar-refractivity contribution in [1.82, 2.24) is 14.5 Å². The molecule has 2 N–H and O–H groups in total. The molecular weight excluding hydrogens is 354 g/mol. The van der Waals surface area contributed by atoms with E-state index in [2.05, 4.69) is 9.56 Å². The molecular formula is C21H23N5O2. The number of imidazole rings is 1. The fraction of sp³-hybridized carbons (Fsp3) is 0.286. The van der Waals surface area contributed by atoms with Crippen LogP contribution in [0.3, 0.4) is 0 Å². The lowest BCUT2D eigenvalue weighted by atomic mass is 9.95. The van der Waals surface area contributed by atoms with Crippen molar-refractivity contribution in [2.75, 3.05) is 14.2 Å². The number of ether oxygens (including phenoxy) is 1. The minimum absolute atomic E-state index is 0.0712. The first-order valence-corrected chi connectivity index (χ1v) is 9.12. The number of methoxy groups -OCH3 is 1. The van der Waals surface area contributed by atoms with Gasteiger partial charge in [0.1, 0.15) is 17.1 Å². The second-order valence-corrected chi connectivity index (χ2v) is 7.23. The van der Waals surface area contributed by atoms with Gasteiger partial charge in [-0.05, 0) is 36.8 Å². The Morgan fingerprint density at radius 3 is 2.57 bits per heavy atom. The fourth-order valence-electron chi connectivity index (χ4n) is 3.60. The number of hydrogen-bond acceptors (Lipinski definition) is 5. The largest absolute Gasteiger partial charge is 0.497 e. The number of guanidine groups is 1. The van der Waals surface area contributed by atoms with E-state index in [4.69, 9.17) is 15.5 Å². The third kappa shape index (κ3) is 2.98. The molecule has 28 heavy (non-hydrogen) atoms. The maximum atomic E-state index is 12.5. The van der Waals surface area contributed by atoms with Crippen LogP contribution in [0.4, 0.5) is 0 Å². The van der Waals surface area contributed by atoms with Gasteiger partial charge in [-0.25, -0.2) is 9.98 Å². The maximum Gasteiger partial charge on any atom is 0.231 e. The van der Waals surface area contributed by atoms with Crippen molar-refractivity contribution in [3.63, 3.8) is 0 Å².